The molecule has 0 bridgehead atoms. The van der Waals surface area contributed by atoms with E-state index in [-0.39, 0.29) is 45.0 Å². The van der Waals surface area contributed by atoms with Crippen LogP contribution in [0.5, 0.6) is 0 Å². The van der Waals surface area contributed by atoms with Gasteiger partial charge in [0, 0.05) is 63.7 Å². The zero-order chi connectivity index (χ0) is 81.6. The normalized spacial score (nSPS) is 12.7. The lowest BCUT2D eigenvalue weighted by Gasteiger charge is -2.21. The Morgan fingerprint density at radius 3 is 1.23 bits per heavy atom. The van der Waals surface area contributed by atoms with Crippen LogP contribution in [-0.4, -0.2) is 71.3 Å². The zero-order valence-corrected chi connectivity index (χ0v) is 70.7. The van der Waals surface area contributed by atoms with Gasteiger partial charge in [0.2, 0.25) is 0 Å². The van der Waals surface area contributed by atoms with Crippen LogP contribution in [0.15, 0.2) is 163 Å². The van der Waals surface area contributed by atoms with Crippen LogP contribution in [0.25, 0.3) is 44.3 Å². The summed E-state index contributed by atoms with van der Waals surface area (Å²) < 4.78 is 2.04. The standard InChI is InChI=1S/C19H17NO2.C18H18N2O2.C18H15NO2.C11H12O.12C2H6.CH2O2.H2O/c1-19(2)14-10-5-4-7-11(14)17-15(19)12-8-6-9-13(18(21)22)16(12)20(17)3;1-18(2)11-16(12-7-3-5-9-14(12)18)20-19-15-10-6-4-8-13(15)17(21)22;1-18(2)13-9-4-3-6-10(13)16-14(18)11-7-5-8-12(17(20)21)15(11)19-16;1-11(2)7-10(12)8-5-3-4-6-9(8)11;12*1-2;2-1-3;/h4-10H,1-3H3,(H,21,22);3-10,19H,11H2,1-2H3,(H,21,22);3-9,19H,1-2H3,(H,20,21);3-6H,7H2,1-2H3;12*1-2H3;1H,(H,2,3);1H2/b;20-16+;;;;;;;;;;;;;;;;. The molecule has 0 aliphatic heterocycles. The van der Waals surface area contributed by atoms with Gasteiger partial charge in [-0.25, -0.2) is 14.4 Å². The number of ketones is 1. The van der Waals surface area contributed by atoms with Crippen LogP contribution in [0, 0.1) is 0 Å². The first-order valence-corrected chi connectivity index (χ1v) is 38.4. The summed E-state index contributed by atoms with van der Waals surface area (Å²) in [5, 5.41) is 41.5. The van der Waals surface area contributed by atoms with Crippen LogP contribution in [0.1, 0.15) is 315 Å². The molecule has 2 heterocycles. The molecule has 0 radical (unpaired) electrons. The van der Waals surface area contributed by atoms with Gasteiger partial charge < -0.3 is 35.5 Å². The highest BCUT2D eigenvalue weighted by Gasteiger charge is 2.42. The molecule has 105 heavy (non-hydrogen) atoms. The Balaban J connectivity index is -0.000000384. The van der Waals surface area contributed by atoms with Crippen molar-refractivity contribution in [2.24, 2.45) is 12.1 Å². The summed E-state index contributed by atoms with van der Waals surface area (Å²) in [7, 11) is 1.96. The Kier molecular flexibility index (Phi) is 53.0. The number of hydrogen-bond donors (Lipinski definition) is 6. The molecule has 0 saturated heterocycles. The Labute approximate surface area is 634 Å². The Morgan fingerprint density at radius 2 is 0.771 bits per heavy atom. The second-order valence-corrected chi connectivity index (χ2v) is 22.8. The number of rotatable bonds is 5. The van der Waals surface area contributed by atoms with Crippen molar-refractivity contribution < 1.29 is 49.9 Å². The molecule has 0 fully saturated rings. The molecule has 4 aliphatic rings. The van der Waals surface area contributed by atoms with E-state index >= 15 is 0 Å². The molecule has 0 saturated carbocycles. The van der Waals surface area contributed by atoms with E-state index < -0.39 is 17.9 Å². The highest BCUT2D eigenvalue weighted by atomic mass is 16.4. The number of hydrazone groups is 1. The summed E-state index contributed by atoms with van der Waals surface area (Å²) in [5.41, 5.74) is 20.8. The maximum Gasteiger partial charge on any atom is 0.337 e. The summed E-state index contributed by atoms with van der Waals surface area (Å²) >= 11 is 0. The van der Waals surface area contributed by atoms with Crippen LogP contribution < -0.4 is 5.43 Å². The van der Waals surface area contributed by atoms with Gasteiger partial charge in [-0.3, -0.25) is 15.0 Å². The third-order valence-electron chi connectivity index (χ3n) is 16.1. The van der Waals surface area contributed by atoms with Crippen LogP contribution in [0.4, 0.5) is 5.69 Å². The molecule has 582 valence electrons. The highest BCUT2D eigenvalue weighted by Crippen LogP contribution is 2.54. The number of aromatic nitrogens is 2. The Hall–Kier alpha value is -9.40. The summed E-state index contributed by atoms with van der Waals surface area (Å²) in [4.78, 5) is 57.4. The maximum atomic E-state index is 11.6. The predicted octanol–water partition coefficient (Wildman–Crippen LogP) is 26.0. The Bertz CT molecular complexity index is 4010. The number of carbonyl (C=O) groups is 5. The minimum atomic E-state index is -0.963. The quantitative estimate of drug-likeness (QED) is 0.0703. The van der Waals surface area contributed by atoms with E-state index in [1.807, 2.05) is 245 Å². The molecule has 0 spiro atoms. The molecular formula is C91H138N4O10. The molecule has 0 amide bonds. The first-order valence-electron chi connectivity index (χ1n) is 38.4. The minimum absolute atomic E-state index is 0. The van der Waals surface area contributed by atoms with E-state index in [2.05, 4.69) is 125 Å². The number of anilines is 1. The number of nitrogens with one attached hydrogen (secondary N) is 2. The fraction of sp³-hybridized carbons (Fsp3) is 0.429. The van der Waals surface area contributed by atoms with E-state index in [1.54, 1.807) is 36.4 Å². The number of carboxylic acid groups (broad SMARTS) is 4. The van der Waals surface area contributed by atoms with E-state index in [9.17, 15) is 34.5 Å². The van der Waals surface area contributed by atoms with Crippen molar-refractivity contribution in [3.8, 4) is 22.5 Å². The lowest BCUT2D eigenvalue weighted by molar-refractivity contribution is -0.122. The molecular weight excluding hydrogens is 1310 g/mol. The van der Waals surface area contributed by atoms with Gasteiger partial charge in [0.05, 0.1) is 50.5 Å². The first kappa shape index (κ1) is 104. The number of H-pyrrole nitrogens is 1. The largest absolute Gasteiger partial charge is 0.483 e. The molecule has 4 aliphatic carbocycles. The number of Topliss-reactive ketones (excluding diaryl/α,β-unsaturated/α-hetero) is 1. The van der Waals surface area contributed by atoms with Crippen molar-refractivity contribution in [1.29, 1.82) is 0 Å². The van der Waals surface area contributed by atoms with Crippen molar-refractivity contribution in [1.82, 2.24) is 9.55 Å². The van der Waals surface area contributed by atoms with Crippen molar-refractivity contribution in [3.63, 3.8) is 0 Å². The summed E-state index contributed by atoms with van der Waals surface area (Å²) in [6, 6.07) is 50.7. The van der Waals surface area contributed by atoms with Crippen molar-refractivity contribution in [2.45, 2.75) is 256 Å². The molecule has 13 rings (SSSR count). The predicted molar refractivity (Wildman–Crippen MR) is 455 cm³/mol. The monoisotopic (exact) mass is 1450 g/mol. The third kappa shape index (κ3) is 24.9. The fourth-order valence-corrected chi connectivity index (χ4v) is 12.5. The van der Waals surface area contributed by atoms with Gasteiger partial charge in [0.25, 0.3) is 6.47 Å². The SMILES string of the molecule is CC.CC.CC.CC.CC.CC.CC.CC.CC.CC.CC.CC.CC1(C)C/C(=N\Nc2ccccc2C(=O)O)c2ccccc21.CC1(C)CC(=O)c2ccccc21.CC1(C)c2ccccc2-c2[nH]c3c(C(=O)O)cccc3c21.Cn1c2c(c3cccc(C(=O)O)c31)C(C)(C)c1ccccc1-2.O.O=CO. The molecule has 14 heteroatoms. The van der Waals surface area contributed by atoms with Gasteiger partial charge in [-0.05, 0) is 68.5 Å². The second kappa shape index (κ2) is 53.4. The van der Waals surface area contributed by atoms with Gasteiger partial charge in [0.15, 0.2) is 5.78 Å². The molecule has 8 N–H and O–H groups in total. The van der Waals surface area contributed by atoms with E-state index in [1.165, 1.54) is 44.5 Å². The topological polar surface area (TPSA) is 243 Å². The molecule has 0 unspecified atom stereocenters. The van der Waals surface area contributed by atoms with E-state index in [0.717, 1.165) is 56.5 Å². The number of carboxylic acids is 3. The lowest BCUT2D eigenvalue weighted by Crippen LogP contribution is -2.14. The summed E-state index contributed by atoms with van der Waals surface area (Å²) in [5.74, 6) is -2.45. The lowest BCUT2D eigenvalue weighted by atomic mass is 9.81. The number of aromatic amines is 1. The second-order valence-electron chi connectivity index (χ2n) is 22.8. The number of aryl methyl sites for hydroxylation is 1. The minimum Gasteiger partial charge on any atom is -0.483 e. The maximum absolute atomic E-state index is 11.6. The molecule has 2 aromatic heterocycles. The fourth-order valence-electron chi connectivity index (χ4n) is 12.5. The van der Waals surface area contributed by atoms with Crippen LogP contribution in [-0.2, 0) is 33.5 Å². The summed E-state index contributed by atoms with van der Waals surface area (Å²) in [6.45, 7) is 65.2. The van der Waals surface area contributed by atoms with Gasteiger partial charge in [-0.15, -0.1) is 0 Å². The average Bonchev–Trinajstić information content (AvgIpc) is 1.55. The van der Waals surface area contributed by atoms with Gasteiger partial charge in [-0.1, -0.05) is 355 Å². The van der Waals surface area contributed by atoms with Crippen LogP contribution in [0.2, 0.25) is 0 Å². The van der Waals surface area contributed by atoms with Crippen molar-refractivity contribution >= 4 is 63.4 Å². The molecule has 0 atom stereocenters. The Morgan fingerprint density at radius 1 is 0.429 bits per heavy atom. The molecule has 7 aromatic carbocycles. The number of aromatic carboxylic acids is 3. The highest BCUT2D eigenvalue weighted by molar-refractivity contribution is 6.09. The summed E-state index contributed by atoms with van der Waals surface area (Å²) in [6.07, 6.45) is 1.49. The number of fused-ring (bicyclic) bond motifs is 12. The number of para-hydroxylation sites is 3. The van der Waals surface area contributed by atoms with Gasteiger partial charge >= 0.3 is 17.9 Å². The van der Waals surface area contributed by atoms with E-state index in [4.69, 9.17) is 9.90 Å². The molecule has 14 nitrogen and oxygen atoms in total. The first-order chi connectivity index (χ1) is 50.0. The number of benzene rings is 7. The van der Waals surface area contributed by atoms with E-state index in [0.29, 0.717) is 23.2 Å². The van der Waals surface area contributed by atoms with Crippen LogP contribution in [0.3, 0.4) is 0 Å². The van der Waals surface area contributed by atoms with Crippen molar-refractivity contribution in [3.05, 3.63) is 219 Å². The van der Waals surface area contributed by atoms with Crippen LogP contribution >= 0.6 is 0 Å². The number of hydrogen-bond acceptors (Lipinski definition) is 7. The van der Waals surface area contributed by atoms with Gasteiger partial charge in [0.1, 0.15) is 0 Å². The smallest absolute Gasteiger partial charge is 0.337 e. The number of nitrogens with zero attached hydrogens (tertiary/aromatic N) is 2. The number of carbonyl (C=O) groups excluding carboxylic acids is 1. The van der Waals surface area contributed by atoms with Gasteiger partial charge in [-0.2, -0.15) is 5.10 Å². The average molecular weight is 1450 g/mol. The zero-order valence-electron chi connectivity index (χ0n) is 70.7. The molecule has 9 aromatic rings. The van der Waals surface area contributed by atoms with Crippen molar-refractivity contribution in [2.75, 3.05) is 5.43 Å². The third-order valence-corrected chi connectivity index (χ3v) is 16.1.